The molecule has 0 bridgehead atoms. The molecule has 0 aliphatic heterocycles. The lowest BCUT2D eigenvalue weighted by Gasteiger charge is -2.09. The maximum Gasteiger partial charge on any atom is 0.416 e. The molecule has 2 aromatic carbocycles. The average Bonchev–Trinajstić information content (AvgIpc) is 2.43. The Hall–Kier alpha value is -2.83. The number of halogens is 3. The third-order valence-corrected chi connectivity index (χ3v) is 3.31. The number of alkyl halides is 3. The Bertz CT molecular complexity index is 919. The molecule has 0 amide bonds. The van der Waals surface area contributed by atoms with E-state index in [2.05, 4.69) is 4.98 Å². The number of benzene rings is 2. The summed E-state index contributed by atoms with van der Waals surface area (Å²) in [5, 5.41) is 19.3. The maximum absolute atomic E-state index is 12.7. The van der Waals surface area contributed by atoms with Gasteiger partial charge in [-0.1, -0.05) is 6.07 Å². The molecule has 3 aromatic rings. The second kappa shape index (κ2) is 4.59. The van der Waals surface area contributed by atoms with Crippen molar-refractivity contribution < 1.29 is 28.2 Å². The van der Waals surface area contributed by atoms with Crippen molar-refractivity contribution in [3.05, 3.63) is 47.5 Å². The molecule has 0 unspecified atom stereocenters. The van der Waals surface area contributed by atoms with Crippen LogP contribution in [0.2, 0.25) is 0 Å². The number of carbonyl (C=O) groups is 1. The minimum Gasteiger partial charge on any atom is -0.507 e. The Morgan fingerprint density at radius 1 is 1.05 bits per heavy atom. The second-order valence-electron chi connectivity index (χ2n) is 4.73. The third kappa shape index (κ3) is 2.20. The van der Waals surface area contributed by atoms with Gasteiger partial charge in [0, 0.05) is 10.8 Å². The molecule has 7 heteroatoms. The van der Waals surface area contributed by atoms with E-state index in [0.29, 0.717) is 5.39 Å². The summed E-state index contributed by atoms with van der Waals surface area (Å²) in [5.41, 5.74) is -0.859. The first-order valence-corrected chi connectivity index (χ1v) is 6.14. The van der Waals surface area contributed by atoms with Crippen molar-refractivity contribution in [1.82, 2.24) is 4.98 Å². The van der Waals surface area contributed by atoms with Crippen LogP contribution in [0, 0.1) is 0 Å². The summed E-state index contributed by atoms with van der Waals surface area (Å²) in [6, 6.07) is 6.94. The molecule has 1 heterocycles. The first-order valence-electron chi connectivity index (χ1n) is 6.14. The van der Waals surface area contributed by atoms with Crippen molar-refractivity contribution in [2.45, 2.75) is 6.18 Å². The molecule has 3 rings (SSSR count). The molecule has 0 saturated heterocycles. The molecule has 2 N–H and O–H groups in total. The lowest BCUT2D eigenvalue weighted by molar-refractivity contribution is -0.137. The van der Waals surface area contributed by atoms with Crippen LogP contribution in [0.25, 0.3) is 21.8 Å². The molecule has 1 aromatic heterocycles. The highest BCUT2D eigenvalue weighted by Crippen LogP contribution is 2.33. The van der Waals surface area contributed by atoms with Crippen molar-refractivity contribution in [1.29, 1.82) is 0 Å². The quantitative estimate of drug-likeness (QED) is 0.671. The van der Waals surface area contributed by atoms with Crippen molar-refractivity contribution in [2.75, 3.05) is 0 Å². The second-order valence-corrected chi connectivity index (χ2v) is 4.73. The van der Waals surface area contributed by atoms with Crippen LogP contribution < -0.4 is 0 Å². The molecule has 0 fully saturated rings. The van der Waals surface area contributed by atoms with Crippen LogP contribution in [0.15, 0.2) is 36.4 Å². The van der Waals surface area contributed by atoms with E-state index in [1.807, 2.05) is 0 Å². The first-order chi connectivity index (χ1) is 10.3. The first kappa shape index (κ1) is 14.1. The van der Waals surface area contributed by atoms with E-state index in [-0.39, 0.29) is 22.0 Å². The van der Waals surface area contributed by atoms with Crippen LogP contribution in [-0.4, -0.2) is 21.2 Å². The minimum absolute atomic E-state index is 0.101. The van der Waals surface area contributed by atoms with Crippen molar-refractivity contribution in [2.24, 2.45) is 0 Å². The van der Waals surface area contributed by atoms with Crippen LogP contribution in [0.1, 0.15) is 15.9 Å². The highest BCUT2D eigenvalue weighted by Gasteiger charge is 2.30. The zero-order valence-electron chi connectivity index (χ0n) is 10.8. The summed E-state index contributed by atoms with van der Waals surface area (Å²) in [5.74, 6) is -1.76. The van der Waals surface area contributed by atoms with Crippen LogP contribution in [0.4, 0.5) is 13.2 Å². The number of aromatic hydroxyl groups is 1. The van der Waals surface area contributed by atoms with Gasteiger partial charge < -0.3 is 10.2 Å². The van der Waals surface area contributed by atoms with Gasteiger partial charge in [-0.15, -0.1) is 0 Å². The van der Waals surface area contributed by atoms with Crippen molar-refractivity contribution in [3.63, 3.8) is 0 Å². The van der Waals surface area contributed by atoms with Gasteiger partial charge in [0.15, 0.2) is 0 Å². The number of nitrogens with zero attached hydrogens (tertiary/aromatic N) is 1. The lowest BCUT2D eigenvalue weighted by Crippen LogP contribution is -2.04. The predicted octanol–water partition coefficient (Wildman–Crippen LogP) is 3.81. The van der Waals surface area contributed by atoms with Gasteiger partial charge in [0.2, 0.25) is 0 Å². The number of fused-ring (bicyclic) bond motifs is 2. The highest BCUT2D eigenvalue weighted by molar-refractivity contribution is 6.08. The normalized spacial score (nSPS) is 12.0. The Labute approximate surface area is 121 Å². The maximum atomic E-state index is 12.7. The summed E-state index contributed by atoms with van der Waals surface area (Å²) in [4.78, 5) is 15.3. The molecule has 0 aliphatic rings. The zero-order valence-corrected chi connectivity index (χ0v) is 10.8. The highest BCUT2D eigenvalue weighted by atomic mass is 19.4. The number of rotatable bonds is 1. The van der Waals surface area contributed by atoms with Crippen molar-refractivity contribution >= 4 is 27.8 Å². The number of hydrogen-bond acceptors (Lipinski definition) is 3. The fourth-order valence-electron chi connectivity index (χ4n) is 2.29. The zero-order chi connectivity index (χ0) is 16.1. The number of pyridine rings is 1. The van der Waals surface area contributed by atoms with Crippen LogP contribution >= 0.6 is 0 Å². The molecule has 4 nitrogen and oxygen atoms in total. The Kier molecular flexibility index (Phi) is 2.94. The van der Waals surface area contributed by atoms with Gasteiger partial charge in [-0.3, -0.25) is 0 Å². The number of carboxylic acids is 1. The summed E-state index contributed by atoms with van der Waals surface area (Å²) in [7, 11) is 0. The molecule has 0 spiro atoms. The monoisotopic (exact) mass is 307 g/mol. The van der Waals surface area contributed by atoms with Gasteiger partial charge in [-0.25, -0.2) is 9.78 Å². The van der Waals surface area contributed by atoms with E-state index < -0.39 is 23.5 Å². The van der Waals surface area contributed by atoms with E-state index in [1.165, 1.54) is 18.2 Å². The van der Waals surface area contributed by atoms with Crippen LogP contribution in [0.5, 0.6) is 5.75 Å². The van der Waals surface area contributed by atoms with Gasteiger partial charge >= 0.3 is 12.1 Å². The molecule has 0 atom stereocenters. The van der Waals surface area contributed by atoms with Gasteiger partial charge in [0.25, 0.3) is 0 Å². The van der Waals surface area contributed by atoms with Gasteiger partial charge in [0.1, 0.15) is 11.3 Å². The summed E-state index contributed by atoms with van der Waals surface area (Å²) in [6.07, 6.45) is -4.48. The number of aromatic nitrogens is 1. The minimum atomic E-state index is -4.48. The van der Waals surface area contributed by atoms with Gasteiger partial charge in [0.05, 0.1) is 16.6 Å². The van der Waals surface area contributed by atoms with E-state index in [4.69, 9.17) is 5.11 Å². The van der Waals surface area contributed by atoms with E-state index in [0.717, 1.165) is 18.2 Å². The van der Waals surface area contributed by atoms with Crippen molar-refractivity contribution in [3.8, 4) is 5.75 Å². The average molecular weight is 307 g/mol. The van der Waals surface area contributed by atoms with Crippen LogP contribution in [0.3, 0.4) is 0 Å². The predicted molar refractivity (Wildman–Crippen MR) is 72.9 cm³/mol. The molecule has 0 saturated carbocycles. The number of phenols is 1. The topological polar surface area (TPSA) is 70.4 Å². The Balaban J connectivity index is 2.35. The molecular weight excluding hydrogens is 299 g/mol. The van der Waals surface area contributed by atoms with E-state index in [1.54, 1.807) is 0 Å². The van der Waals surface area contributed by atoms with Gasteiger partial charge in [-0.05, 0) is 30.3 Å². The van der Waals surface area contributed by atoms with Crippen LogP contribution in [-0.2, 0) is 6.18 Å². The fraction of sp³-hybridized carbons (Fsp3) is 0.0667. The summed E-state index contributed by atoms with van der Waals surface area (Å²) < 4.78 is 38.1. The summed E-state index contributed by atoms with van der Waals surface area (Å²) >= 11 is 0. The summed E-state index contributed by atoms with van der Waals surface area (Å²) in [6.45, 7) is 0. The van der Waals surface area contributed by atoms with E-state index in [9.17, 15) is 23.1 Å². The number of aromatic carboxylic acids is 1. The largest absolute Gasteiger partial charge is 0.507 e. The SMILES string of the molecule is O=C(O)c1c(O)ccc2nc3cc(C(F)(F)F)ccc3cc12. The Morgan fingerprint density at radius 2 is 1.77 bits per heavy atom. The molecule has 0 aliphatic carbocycles. The van der Waals surface area contributed by atoms with E-state index >= 15 is 0 Å². The fourth-order valence-corrected chi connectivity index (χ4v) is 2.29. The molecule has 112 valence electrons. The lowest BCUT2D eigenvalue weighted by atomic mass is 10.0. The van der Waals surface area contributed by atoms with Gasteiger partial charge in [-0.2, -0.15) is 13.2 Å². The standard InChI is InChI=1S/C15H8F3NO3/c16-15(17,18)8-2-1-7-5-9-10(19-11(7)6-8)3-4-12(20)13(9)14(21)22/h1-6,20H,(H,21,22). The Morgan fingerprint density at radius 3 is 2.41 bits per heavy atom. The molecule has 0 radical (unpaired) electrons. The molecular formula is C15H8F3NO3. The number of hydrogen-bond donors (Lipinski definition) is 2. The number of carboxylic acid groups (broad SMARTS) is 1. The smallest absolute Gasteiger partial charge is 0.416 e. The molecule has 22 heavy (non-hydrogen) atoms. The third-order valence-electron chi connectivity index (χ3n) is 3.31.